The number of methoxy groups -OCH3 is 2. The van der Waals surface area contributed by atoms with Crippen LogP contribution in [-0.4, -0.2) is 76.3 Å². The zero-order chi connectivity index (χ0) is 31.2. The van der Waals surface area contributed by atoms with Crippen LogP contribution >= 0.6 is 17.2 Å². The minimum Gasteiger partial charge on any atom is -0.453 e. The second-order valence-electron chi connectivity index (χ2n) is 9.57. The van der Waals surface area contributed by atoms with Crippen LogP contribution in [0, 0.1) is 0 Å². The van der Waals surface area contributed by atoms with E-state index in [1.807, 2.05) is 36.4 Å². The van der Waals surface area contributed by atoms with Crippen LogP contribution in [0.2, 0.25) is 0 Å². The lowest BCUT2D eigenvalue weighted by Gasteiger charge is -2.04. The van der Waals surface area contributed by atoms with Gasteiger partial charge >= 0.3 is 12.2 Å². The number of hydrogen-bond donors (Lipinski definition) is 4. The Hall–Kier alpha value is -4.73. The number of alkyl carbamates (subject to hydrolysis) is 2. The summed E-state index contributed by atoms with van der Waals surface area (Å²) in [5, 5.41) is 4.95. The van der Waals surface area contributed by atoms with Gasteiger partial charge in [0.2, 0.25) is 0 Å². The van der Waals surface area contributed by atoms with Gasteiger partial charge in [-0.2, -0.15) is 0 Å². The fraction of sp³-hybridized carbons (Fsp3) is 0.207. The zero-order valence-corrected chi connectivity index (χ0v) is 25.7. The molecule has 2 atom stereocenters. The van der Waals surface area contributed by atoms with Crippen molar-refractivity contribution in [3.63, 3.8) is 0 Å². The predicted octanol–water partition coefficient (Wildman–Crippen LogP) is 2.83. The van der Waals surface area contributed by atoms with Crippen molar-refractivity contribution in [2.75, 3.05) is 27.3 Å². The SMILES string of the molecule is COC(=O)NCCC(=O)Pc1ncc(-c2ccc3c(c2)C(=O)c2cc(-c4cnc(PC(=O)CCNC(=O)OC)[nH]4)ccc2-3)[nH]1. The maximum absolute atomic E-state index is 13.5. The number of hydrogen-bond acceptors (Lipinski definition) is 9. The highest BCUT2D eigenvalue weighted by molar-refractivity contribution is 7.65. The van der Waals surface area contributed by atoms with Crippen molar-refractivity contribution >= 4 is 57.3 Å². The molecule has 0 saturated heterocycles. The van der Waals surface area contributed by atoms with Gasteiger partial charge in [0, 0.05) is 65.3 Å². The van der Waals surface area contributed by atoms with Crippen molar-refractivity contribution in [1.29, 1.82) is 0 Å². The van der Waals surface area contributed by atoms with Gasteiger partial charge in [-0.15, -0.1) is 0 Å². The number of carbonyl (C=O) groups is 5. The average Bonchev–Trinajstić information content (AvgIpc) is 3.75. The molecule has 1 aliphatic rings. The van der Waals surface area contributed by atoms with Gasteiger partial charge in [0.05, 0.1) is 38.0 Å². The summed E-state index contributed by atoms with van der Waals surface area (Å²) in [7, 11) is 2.11. The molecule has 0 bridgehead atoms. The van der Waals surface area contributed by atoms with E-state index < -0.39 is 12.2 Å². The second-order valence-corrected chi connectivity index (χ2v) is 12.1. The van der Waals surface area contributed by atoms with Gasteiger partial charge in [-0.3, -0.25) is 14.4 Å². The topological polar surface area (TPSA) is 185 Å². The van der Waals surface area contributed by atoms with E-state index in [4.69, 9.17) is 0 Å². The monoisotopic (exact) mass is 634 g/mol. The smallest absolute Gasteiger partial charge is 0.406 e. The maximum atomic E-state index is 13.5. The van der Waals surface area contributed by atoms with E-state index in [1.165, 1.54) is 14.2 Å². The largest absolute Gasteiger partial charge is 0.453 e. The van der Waals surface area contributed by atoms with Gasteiger partial charge in [0.1, 0.15) is 11.1 Å². The molecule has 2 heterocycles. The summed E-state index contributed by atoms with van der Waals surface area (Å²) in [5.74, 6) is -0.108. The molecule has 0 spiro atoms. The molecule has 15 heteroatoms. The van der Waals surface area contributed by atoms with Crippen LogP contribution < -0.4 is 21.8 Å². The first-order chi connectivity index (χ1) is 21.2. The van der Waals surface area contributed by atoms with Gasteiger partial charge in [0.15, 0.2) is 16.8 Å². The molecule has 2 unspecified atom stereocenters. The number of carbonyl (C=O) groups excluding carboxylic acids is 5. The Kier molecular flexibility index (Phi) is 9.57. The summed E-state index contributed by atoms with van der Waals surface area (Å²) in [6, 6.07) is 11.2. The van der Waals surface area contributed by atoms with Crippen LogP contribution in [0.25, 0.3) is 33.6 Å². The number of benzene rings is 2. The van der Waals surface area contributed by atoms with Crippen LogP contribution in [0.5, 0.6) is 0 Å². The Morgan fingerprint density at radius 1 is 0.705 bits per heavy atom. The molecule has 4 N–H and O–H groups in total. The number of ketones is 1. The van der Waals surface area contributed by atoms with Crippen molar-refractivity contribution in [2.45, 2.75) is 12.8 Å². The Labute approximate surface area is 254 Å². The highest BCUT2D eigenvalue weighted by Gasteiger charge is 2.28. The molecule has 5 rings (SSSR count). The maximum Gasteiger partial charge on any atom is 0.406 e. The van der Waals surface area contributed by atoms with Gasteiger partial charge in [-0.1, -0.05) is 24.3 Å². The standard InChI is InChI=1S/C29H28N6O7P2/c1-41-28(39)30-9-7-23(36)43-26-32-13-21(34-26)15-3-5-17-18-6-4-16(12-20(18)25(38)19(17)11-15)22-14-33-27(35-22)44-24(37)8-10-31-29(40)42-2/h3-6,11-14,43-44H,7-10H2,1-2H3,(H,30,39)(H,31,40)(H,32,34)(H,33,35). The van der Waals surface area contributed by atoms with E-state index in [0.29, 0.717) is 33.6 Å². The Bertz CT molecular complexity index is 1640. The first kappa shape index (κ1) is 30.7. The minimum absolute atomic E-state index is 0.0675. The molecule has 0 fully saturated rings. The van der Waals surface area contributed by atoms with Crippen molar-refractivity contribution < 1.29 is 33.4 Å². The molecule has 1 aliphatic carbocycles. The molecular weight excluding hydrogens is 606 g/mol. The van der Waals surface area contributed by atoms with E-state index in [-0.39, 0.29) is 59.9 Å². The normalized spacial score (nSPS) is 12.0. The van der Waals surface area contributed by atoms with Crippen LogP contribution in [0.15, 0.2) is 48.8 Å². The molecule has 226 valence electrons. The summed E-state index contributed by atoms with van der Waals surface area (Å²) in [6.07, 6.45) is 2.40. The van der Waals surface area contributed by atoms with Crippen molar-refractivity contribution in [3.05, 3.63) is 59.9 Å². The molecule has 2 aromatic carbocycles. The number of H-pyrrole nitrogens is 2. The van der Waals surface area contributed by atoms with E-state index >= 15 is 0 Å². The molecular formula is C29H28N6O7P2. The van der Waals surface area contributed by atoms with E-state index in [1.54, 1.807) is 12.4 Å². The van der Waals surface area contributed by atoms with Crippen molar-refractivity contribution in [3.8, 4) is 33.6 Å². The molecule has 13 nitrogen and oxygen atoms in total. The van der Waals surface area contributed by atoms with Crippen LogP contribution in [0.1, 0.15) is 28.8 Å². The number of rotatable bonds is 12. The number of nitrogens with zero attached hydrogens (tertiary/aromatic N) is 2. The fourth-order valence-corrected chi connectivity index (χ4v) is 6.25. The summed E-state index contributed by atoms with van der Waals surface area (Å²) >= 11 is 0. The lowest BCUT2D eigenvalue weighted by molar-refractivity contribution is -0.111. The molecule has 0 aliphatic heterocycles. The fourth-order valence-electron chi connectivity index (χ4n) is 4.57. The molecule has 0 saturated carbocycles. The summed E-state index contributed by atoms with van der Waals surface area (Å²) in [6.45, 7) is 0.362. The summed E-state index contributed by atoms with van der Waals surface area (Å²) in [5.41, 5.74) is 6.57. The number of amides is 2. The lowest BCUT2D eigenvalue weighted by Crippen LogP contribution is -2.25. The zero-order valence-electron chi connectivity index (χ0n) is 23.7. The van der Waals surface area contributed by atoms with E-state index in [9.17, 15) is 24.0 Å². The van der Waals surface area contributed by atoms with Gasteiger partial charge in [-0.05, 0) is 23.3 Å². The van der Waals surface area contributed by atoms with Crippen LogP contribution in [-0.2, 0) is 19.1 Å². The van der Waals surface area contributed by atoms with Gasteiger partial charge < -0.3 is 30.1 Å². The van der Waals surface area contributed by atoms with Crippen molar-refractivity contribution in [1.82, 2.24) is 30.6 Å². The number of imidazole rings is 2. The summed E-state index contributed by atoms with van der Waals surface area (Å²) < 4.78 is 8.98. The number of aromatic amines is 2. The van der Waals surface area contributed by atoms with Crippen LogP contribution in [0.4, 0.5) is 9.59 Å². The third-order valence-electron chi connectivity index (χ3n) is 6.72. The van der Waals surface area contributed by atoms with E-state index in [0.717, 1.165) is 22.3 Å². The quantitative estimate of drug-likeness (QED) is 0.150. The minimum atomic E-state index is -0.589. The number of aromatic nitrogens is 4. The molecule has 0 radical (unpaired) electrons. The Balaban J connectivity index is 1.23. The highest BCUT2D eigenvalue weighted by atomic mass is 31.1. The predicted molar refractivity (Wildman–Crippen MR) is 166 cm³/mol. The Morgan fingerprint density at radius 2 is 1.14 bits per heavy atom. The average molecular weight is 635 g/mol. The van der Waals surface area contributed by atoms with Gasteiger partial charge in [-0.25, -0.2) is 19.6 Å². The number of ether oxygens (including phenoxy) is 2. The first-order valence-corrected chi connectivity index (χ1v) is 15.4. The third-order valence-corrected chi connectivity index (χ3v) is 8.76. The summed E-state index contributed by atoms with van der Waals surface area (Å²) in [4.78, 5) is 75.3. The second kappa shape index (κ2) is 13.7. The lowest BCUT2D eigenvalue weighted by atomic mass is 10.0. The highest BCUT2D eigenvalue weighted by Crippen LogP contribution is 2.40. The number of nitrogens with one attached hydrogen (secondary N) is 4. The molecule has 2 aromatic heterocycles. The first-order valence-electron chi connectivity index (χ1n) is 13.4. The Morgan fingerprint density at radius 3 is 1.55 bits per heavy atom. The number of fused-ring (bicyclic) bond motifs is 3. The molecule has 44 heavy (non-hydrogen) atoms. The van der Waals surface area contributed by atoms with Gasteiger partial charge in [0.25, 0.3) is 0 Å². The molecule has 4 aromatic rings. The molecule has 2 amide bonds. The third kappa shape index (κ3) is 7.07. The van der Waals surface area contributed by atoms with E-state index in [2.05, 4.69) is 40.0 Å². The van der Waals surface area contributed by atoms with Crippen molar-refractivity contribution in [2.24, 2.45) is 0 Å². The van der Waals surface area contributed by atoms with Crippen LogP contribution in [0.3, 0.4) is 0 Å².